The van der Waals surface area contributed by atoms with E-state index in [-0.39, 0.29) is 0 Å². The summed E-state index contributed by atoms with van der Waals surface area (Å²) >= 11 is 0. The molecule has 146 valence electrons. The van der Waals surface area contributed by atoms with Crippen LogP contribution in [0.4, 0.5) is 11.8 Å². The molecular formula is C22H26N4O2. The molecule has 6 heteroatoms. The predicted octanol–water partition coefficient (Wildman–Crippen LogP) is 3.88. The van der Waals surface area contributed by atoms with Crippen molar-refractivity contribution in [2.24, 2.45) is 0 Å². The zero-order valence-corrected chi connectivity index (χ0v) is 16.8. The van der Waals surface area contributed by atoms with E-state index >= 15 is 0 Å². The fraction of sp³-hybridized carbons (Fsp3) is 0.273. The molecule has 0 saturated carbocycles. The van der Waals surface area contributed by atoms with Gasteiger partial charge in [0.05, 0.1) is 19.9 Å². The second kappa shape index (κ2) is 9.08. The summed E-state index contributed by atoms with van der Waals surface area (Å²) in [5, 5.41) is 3.42. The van der Waals surface area contributed by atoms with Crippen LogP contribution in [0.2, 0.25) is 0 Å². The van der Waals surface area contributed by atoms with Crippen molar-refractivity contribution in [1.29, 1.82) is 0 Å². The largest absolute Gasteiger partial charge is 0.497 e. The van der Waals surface area contributed by atoms with Crippen molar-refractivity contribution in [3.8, 4) is 22.8 Å². The van der Waals surface area contributed by atoms with Gasteiger partial charge in [-0.05, 0) is 36.2 Å². The summed E-state index contributed by atoms with van der Waals surface area (Å²) in [7, 11) is 7.21. The van der Waals surface area contributed by atoms with Gasteiger partial charge in [0.2, 0.25) is 5.95 Å². The molecule has 2 aromatic carbocycles. The zero-order valence-electron chi connectivity index (χ0n) is 16.8. The van der Waals surface area contributed by atoms with E-state index in [1.807, 2.05) is 61.5 Å². The Morgan fingerprint density at radius 3 is 2.32 bits per heavy atom. The number of ether oxygens (including phenoxy) is 2. The molecule has 0 aliphatic rings. The average Bonchev–Trinajstić information content (AvgIpc) is 2.74. The van der Waals surface area contributed by atoms with E-state index in [2.05, 4.69) is 27.4 Å². The lowest BCUT2D eigenvalue weighted by atomic mass is 10.1. The molecule has 6 nitrogen and oxygen atoms in total. The summed E-state index contributed by atoms with van der Waals surface area (Å²) in [6, 6.07) is 18.0. The Hall–Kier alpha value is -3.28. The second-order valence-electron chi connectivity index (χ2n) is 6.59. The minimum absolute atomic E-state index is 0.660. The van der Waals surface area contributed by atoms with Gasteiger partial charge in [-0.15, -0.1) is 0 Å². The van der Waals surface area contributed by atoms with Crippen LogP contribution in [0.1, 0.15) is 5.56 Å². The van der Waals surface area contributed by atoms with Crippen LogP contribution in [0.3, 0.4) is 0 Å². The Balaban J connectivity index is 1.76. The standard InChI is InChI=1S/C22H26N4O2/c1-26(2)22-24-20(17-6-5-7-19(14-17)28-4)15-21(25-22)23-13-12-16-8-10-18(27-3)11-9-16/h5-11,14-15H,12-13H2,1-4H3,(H,23,24,25). The first-order chi connectivity index (χ1) is 13.6. The number of benzene rings is 2. The molecule has 1 aromatic heterocycles. The highest BCUT2D eigenvalue weighted by molar-refractivity contribution is 5.66. The van der Waals surface area contributed by atoms with E-state index in [0.29, 0.717) is 5.95 Å². The third-order valence-corrected chi connectivity index (χ3v) is 4.36. The fourth-order valence-corrected chi connectivity index (χ4v) is 2.78. The fourth-order valence-electron chi connectivity index (χ4n) is 2.78. The summed E-state index contributed by atoms with van der Waals surface area (Å²) in [4.78, 5) is 11.2. The molecule has 0 amide bonds. The van der Waals surface area contributed by atoms with Crippen LogP contribution in [-0.2, 0) is 6.42 Å². The molecule has 0 aliphatic heterocycles. The average molecular weight is 378 g/mol. The Morgan fingerprint density at radius 1 is 0.893 bits per heavy atom. The van der Waals surface area contributed by atoms with Gasteiger partial charge in [0.1, 0.15) is 17.3 Å². The van der Waals surface area contributed by atoms with Crippen LogP contribution in [0.5, 0.6) is 11.5 Å². The molecule has 1 heterocycles. The van der Waals surface area contributed by atoms with Crippen molar-refractivity contribution in [2.45, 2.75) is 6.42 Å². The van der Waals surface area contributed by atoms with Crippen molar-refractivity contribution < 1.29 is 9.47 Å². The molecule has 0 fully saturated rings. The molecule has 1 N–H and O–H groups in total. The van der Waals surface area contributed by atoms with E-state index in [4.69, 9.17) is 9.47 Å². The number of aromatic nitrogens is 2. The maximum Gasteiger partial charge on any atom is 0.227 e. The third-order valence-electron chi connectivity index (χ3n) is 4.36. The number of hydrogen-bond acceptors (Lipinski definition) is 6. The van der Waals surface area contributed by atoms with E-state index < -0.39 is 0 Å². The van der Waals surface area contributed by atoms with Crippen molar-refractivity contribution in [1.82, 2.24) is 9.97 Å². The molecule has 28 heavy (non-hydrogen) atoms. The van der Waals surface area contributed by atoms with Gasteiger partial charge in [-0.1, -0.05) is 24.3 Å². The summed E-state index contributed by atoms with van der Waals surface area (Å²) in [6.07, 6.45) is 0.889. The van der Waals surface area contributed by atoms with E-state index in [9.17, 15) is 0 Å². The summed E-state index contributed by atoms with van der Waals surface area (Å²) in [6.45, 7) is 0.772. The van der Waals surface area contributed by atoms with E-state index in [1.54, 1.807) is 14.2 Å². The molecule has 0 aliphatic carbocycles. The zero-order chi connectivity index (χ0) is 19.9. The highest BCUT2D eigenvalue weighted by atomic mass is 16.5. The summed E-state index contributed by atoms with van der Waals surface area (Å²) in [5.41, 5.74) is 3.08. The van der Waals surface area contributed by atoms with Crippen molar-refractivity contribution in [3.63, 3.8) is 0 Å². The molecule has 0 spiro atoms. The van der Waals surface area contributed by atoms with Crippen molar-refractivity contribution in [3.05, 3.63) is 60.2 Å². The van der Waals surface area contributed by atoms with Gasteiger partial charge in [-0.3, -0.25) is 0 Å². The SMILES string of the molecule is COc1ccc(CCNc2cc(-c3cccc(OC)c3)nc(N(C)C)n2)cc1. The van der Waals surface area contributed by atoms with Gasteiger partial charge in [0.25, 0.3) is 0 Å². The highest BCUT2D eigenvalue weighted by Gasteiger charge is 2.09. The van der Waals surface area contributed by atoms with Crippen molar-refractivity contribution >= 4 is 11.8 Å². The lowest BCUT2D eigenvalue weighted by molar-refractivity contribution is 0.414. The lowest BCUT2D eigenvalue weighted by Crippen LogP contribution is -2.15. The topological polar surface area (TPSA) is 59.5 Å². The van der Waals surface area contributed by atoms with Crippen LogP contribution in [0.15, 0.2) is 54.6 Å². The van der Waals surface area contributed by atoms with Crippen LogP contribution in [0.25, 0.3) is 11.3 Å². The number of hydrogen-bond donors (Lipinski definition) is 1. The van der Waals surface area contributed by atoms with Crippen LogP contribution < -0.4 is 19.7 Å². The van der Waals surface area contributed by atoms with Gasteiger partial charge in [0.15, 0.2) is 0 Å². The molecule has 0 atom stereocenters. The summed E-state index contributed by atoms with van der Waals surface area (Å²) in [5.74, 6) is 3.12. The Morgan fingerprint density at radius 2 is 1.64 bits per heavy atom. The quantitative estimate of drug-likeness (QED) is 0.642. The van der Waals surface area contributed by atoms with E-state index in [0.717, 1.165) is 41.5 Å². The normalized spacial score (nSPS) is 10.4. The first-order valence-electron chi connectivity index (χ1n) is 9.16. The van der Waals surface area contributed by atoms with Crippen LogP contribution in [0, 0.1) is 0 Å². The second-order valence-corrected chi connectivity index (χ2v) is 6.59. The molecule has 0 unspecified atom stereocenters. The van der Waals surface area contributed by atoms with Gasteiger partial charge in [0, 0.05) is 32.3 Å². The molecule has 0 bridgehead atoms. The molecule has 3 rings (SSSR count). The number of anilines is 2. The minimum atomic E-state index is 0.660. The smallest absolute Gasteiger partial charge is 0.227 e. The number of rotatable bonds is 8. The third kappa shape index (κ3) is 4.91. The minimum Gasteiger partial charge on any atom is -0.497 e. The maximum absolute atomic E-state index is 5.34. The predicted molar refractivity (Wildman–Crippen MR) is 114 cm³/mol. The van der Waals surface area contributed by atoms with Gasteiger partial charge in [-0.2, -0.15) is 4.98 Å². The Bertz CT molecular complexity index is 911. The maximum atomic E-state index is 5.34. The molecule has 3 aromatic rings. The van der Waals surface area contributed by atoms with Crippen LogP contribution in [-0.4, -0.2) is 44.8 Å². The lowest BCUT2D eigenvalue weighted by Gasteiger charge is -2.15. The molecule has 0 saturated heterocycles. The summed E-state index contributed by atoms with van der Waals surface area (Å²) < 4.78 is 10.5. The first-order valence-corrected chi connectivity index (χ1v) is 9.16. The number of methoxy groups -OCH3 is 2. The Kier molecular flexibility index (Phi) is 6.32. The van der Waals surface area contributed by atoms with Gasteiger partial charge >= 0.3 is 0 Å². The monoisotopic (exact) mass is 378 g/mol. The number of nitrogens with zero attached hydrogens (tertiary/aromatic N) is 3. The number of nitrogens with one attached hydrogen (secondary N) is 1. The molecular weight excluding hydrogens is 352 g/mol. The van der Waals surface area contributed by atoms with Crippen LogP contribution >= 0.6 is 0 Å². The van der Waals surface area contributed by atoms with Gasteiger partial charge in [-0.25, -0.2) is 4.98 Å². The highest BCUT2D eigenvalue weighted by Crippen LogP contribution is 2.25. The van der Waals surface area contributed by atoms with Gasteiger partial charge < -0.3 is 19.7 Å². The Labute approximate surface area is 166 Å². The first kappa shape index (κ1) is 19.5. The molecule has 0 radical (unpaired) electrons. The van der Waals surface area contributed by atoms with E-state index in [1.165, 1.54) is 5.56 Å². The van der Waals surface area contributed by atoms with Crippen molar-refractivity contribution in [2.75, 3.05) is 45.1 Å².